The topological polar surface area (TPSA) is 23.6 Å². The number of piperidine rings is 1. The van der Waals surface area contributed by atoms with Crippen LogP contribution in [0.4, 0.5) is 0 Å². The summed E-state index contributed by atoms with van der Waals surface area (Å²) in [6.45, 7) is 3.90. The van der Waals surface area contributed by atoms with E-state index in [1.807, 2.05) is 6.07 Å². The molecule has 20 heavy (non-hydrogen) atoms. The van der Waals surface area contributed by atoms with Gasteiger partial charge in [0.2, 0.25) is 5.91 Å². The van der Waals surface area contributed by atoms with Crippen LogP contribution in [0.2, 0.25) is 0 Å². The van der Waals surface area contributed by atoms with E-state index in [-0.39, 0.29) is 6.04 Å². The predicted octanol–water partition coefficient (Wildman–Crippen LogP) is 2.66. The molecule has 3 nitrogen and oxygen atoms in total. The highest BCUT2D eigenvalue weighted by atomic mass is 16.2. The highest BCUT2D eigenvalue weighted by Gasteiger charge is 2.32. The number of nitrogens with zero attached hydrogens (tertiary/aromatic N) is 2. The maximum absolute atomic E-state index is 12.7. The first-order valence-corrected chi connectivity index (χ1v) is 7.91. The van der Waals surface area contributed by atoms with Gasteiger partial charge in [-0.05, 0) is 37.8 Å². The van der Waals surface area contributed by atoms with Crippen molar-refractivity contribution in [3.05, 3.63) is 35.9 Å². The van der Waals surface area contributed by atoms with Gasteiger partial charge in [0.15, 0.2) is 0 Å². The summed E-state index contributed by atoms with van der Waals surface area (Å²) >= 11 is 0. The standard InChI is InChI=1S/C17H24N2O/c20-17(18-11-6-7-12-18)16-10-4-5-13-19(16)14-15-8-2-1-3-9-15/h1-3,8-9,16H,4-7,10-14H2/t16-/m0/s1. The Balaban J connectivity index is 1.68. The molecular formula is C17H24N2O. The summed E-state index contributed by atoms with van der Waals surface area (Å²) in [7, 11) is 0. The zero-order chi connectivity index (χ0) is 13.8. The van der Waals surface area contributed by atoms with E-state index in [0.717, 1.165) is 32.6 Å². The number of likely N-dealkylation sites (tertiary alicyclic amines) is 2. The Morgan fingerprint density at radius 2 is 1.70 bits per heavy atom. The average molecular weight is 272 g/mol. The van der Waals surface area contributed by atoms with Crippen molar-refractivity contribution in [2.75, 3.05) is 19.6 Å². The predicted molar refractivity (Wildman–Crippen MR) is 80.3 cm³/mol. The highest BCUT2D eigenvalue weighted by Crippen LogP contribution is 2.23. The molecule has 0 spiro atoms. The van der Waals surface area contributed by atoms with Gasteiger partial charge in [-0.3, -0.25) is 9.69 Å². The Morgan fingerprint density at radius 1 is 1.00 bits per heavy atom. The van der Waals surface area contributed by atoms with Crippen molar-refractivity contribution in [3.8, 4) is 0 Å². The number of amides is 1. The molecule has 0 aromatic heterocycles. The molecule has 3 rings (SSSR count). The van der Waals surface area contributed by atoms with E-state index < -0.39 is 0 Å². The van der Waals surface area contributed by atoms with Gasteiger partial charge in [-0.1, -0.05) is 36.8 Å². The van der Waals surface area contributed by atoms with Crippen LogP contribution >= 0.6 is 0 Å². The molecular weight excluding hydrogens is 248 g/mol. The van der Waals surface area contributed by atoms with Crippen molar-refractivity contribution in [1.82, 2.24) is 9.80 Å². The second-order valence-corrected chi connectivity index (χ2v) is 6.00. The van der Waals surface area contributed by atoms with Gasteiger partial charge < -0.3 is 4.90 Å². The molecule has 2 heterocycles. The van der Waals surface area contributed by atoms with Gasteiger partial charge in [-0.15, -0.1) is 0 Å². The van der Waals surface area contributed by atoms with Crippen molar-refractivity contribution >= 4 is 5.91 Å². The lowest BCUT2D eigenvalue weighted by Gasteiger charge is -2.36. The van der Waals surface area contributed by atoms with Crippen LogP contribution in [0.3, 0.4) is 0 Å². The van der Waals surface area contributed by atoms with Gasteiger partial charge in [0, 0.05) is 19.6 Å². The van der Waals surface area contributed by atoms with Crippen molar-refractivity contribution in [1.29, 1.82) is 0 Å². The molecule has 0 saturated carbocycles. The van der Waals surface area contributed by atoms with Crippen LogP contribution in [0.25, 0.3) is 0 Å². The second kappa shape index (κ2) is 6.40. The van der Waals surface area contributed by atoms with Crippen LogP contribution in [0.5, 0.6) is 0 Å². The summed E-state index contributed by atoms with van der Waals surface area (Å²) in [4.78, 5) is 17.2. The Hall–Kier alpha value is -1.35. The molecule has 108 valence electrons. The van der Waals surface area contributed by atoms with E-state index in [9.17, 15) is 4.79 Å². The van der Waals surface area contributed by atoms with Crippen molar-refractivity contribution in [2.45, 2.75) is 44.7 Å². The fourth-order valence-electron chi connectivity index (χ4n) is 3.43. The molecule has 0 radical (unpaired) electrons. The molecule has 2 aliphatic heterocycles. The first-order valence-electron chi connectivity index (χ1n) is 7.91. The normalized spacial score (nSPS) is 24.0. The molecule has 2 fully saturated rings. The Bertz CT molecular complexity index is 440. The second-order valence-electron chi connectivity index (χ2n) is 6.00. The minimum Gasteiger partial charge on any atom is -0.341 e. The first-order chi connectivity index (χ1) is 9.84. The number of hydrogen-bond acceptors (Lipinski definition) is 2. The van der Waals surface area contributed by atoms with Crippen molar-refractivity contribution in [3.63, 3.8) is 0 Å². The molecule has 3 heteroatoms. The molecule has 0 N–H and O–H groups in total. The van der Waals surface area contributed by atoms with Gasteiger partial charge in [-0.2, -0.15) is 0 Å². The molecule has 1 aromatic rings. The SMILES string of the molecule is O=C([C@@H]1CCCCN1Cc1ccccc1)N1CCCC1. The molecule has 1 amide bonds. The number of carbonyl (C=O) groups excluding carboxylic acids is 1. The number of carbonyl (C=O) groups is 1. The highest BCUT2D eigenvalue weighted by molar-refractivity contribution is 5.82. The maximum Gasteiger partial charge on any atom is 0.239 e. The number of rotatable bonds is 3. The van der Waals surface area contributed by atoms with E-state index in [4.69, 9.17) is 0 Å². The van der Waals surface area contributed by atoms with Crippen molar-refractivity contribution in [2.24, 2.45) is 0 Å². The molecule has 1 atom stereocenters. The quantitative estimate of drug-likeness (QED) is 0.844. The summed E-state index contributed by atoms with van der Waals surface area (Å²) in [6, 6.07) is 10.6. The minimum absolute atomic E-state index is 0.113. The van der Waals surface area contributed by atoms with Crippen LogP contribution in [-0.4, -0.2) is 41.4 Å². The number of hydrogen-bond donors (Lipinski definition) is 0. The number of benzene rings is 1. The summed E-state index contributed by atoms with van der Waals surface area (Å²) in [5.74, 6) is 0.373. The van der Waals surface area contributed by atoms with Crippen LogP contribution in [0, 0.1) is 0 Å². The summed E-state index contributed by atoms with van der Waals surface area (Å²) in [5.41, 5.74) is 1.31. The van der Waals surface area contributed by atoms with Crippen LogP contribution < -0.4 is 0 Å². The summed E-state index contributed by atoms with van der Waals surface area (Å²) in [6.07, 6.45) is 5.79. The van der Waals surface area contributed by atoms with Crippen LogP contribution in [0.15, 0.2) is 30.3 Å². The average Bonchev–Trinajstić information content (AvgIpc) is 3.02. The molecule has 1 aromatic carbocycles. The monoisotopic (exact) mass is 272 g/mol. The lowest BCUT2D eigenvalue weighted by Crippen LogP contribution is -2.49. The summed E-state index contributed by atoms with van der Waals surface area (Å²) in [5, 5.41) is 0. The van der Waals surface area contributed by atoms with Gasteiger partial charge in [0.1, 0.15) is 0 Å². The Kier molecular flexibility index (Phi) is 4.36. The fourth-order valence-corrected chi connectivity index (χ4v) is 3.43. The molecule has 0 unspecified atom stereocenters. The fraction of sp³-hybridized carbons (Fsp3) is 0.588. The first kappa shape index (κ1) is 13.6. The smallest absolute Gasteiger partial charge is 0.239 e. The summed E-state index contributed by atoms with van der Waals surface area (Å²) < 4.78 is 0. The maximum atomic E-state index is 12.7. The van der Waals surface area contributed by atoms with E-state index in [1.54, 1.807) is 0 Å². The lowest BCUT2D eigenvalue weighted by atomic mass is 10.00. The van der Waals surface area contributed by atoms with Gasteiger partial charge in [-0.25, -0.2) is 0 Å². The van der Waals surface area contributed by atoms with Gasteiger partial charge in [0.25, 0.3) is 0 Å². The van der Waals surface area contributed by atoms with Gasteiger partial charge in [0.05, 0.1) is 6.04 Å². The molecule has 0 aliphatic carbocycles. The van der Waals surface area contributed by atoms with E-state index in [1.165, 1.54) is 31.2 Å². The Labute approximate surface area is 121 Å². The minimum atomic E-state index is 0.113. The van der Waals surface area contributed by atoms with E-state index in [2.05, 4.69) is 34.1 Å². The largest absolute Gasteiger partial charge is 0.341 e. The Morgan fingerprint density at radius 3 is 2.45 bits per heavy atom. The van der Waals surface area contributed by atoms with Crippen LogP contribution in [0.1, 0.15) is 37.7 Å². The molecule has 2 aliphatic rings. The third-order valence-electron chi connectivity index (χ3n) is 4.54. The zero-order valence-corrected chi connectivity index (χ0v) is 12.1. The molecule has 0 bridgehead atoms. The molecule has 2 saturated heterocycles. The zero-order valence-electron chi connectivity index (χ0n) is 12.1. The third-order valence-corrected chi connectivity index (χ3v) is 4.54. The third kappa shape index (κ3) is 3.04. The van der Waals surface area contributed by atoms with Gasteiger partial charge >= 0.3 is 0 Å². The van der Waals surface area contributed by atoms with E-state index in [0.29, 0.717) is 5.91 Å². The van der Waals surface area contributed by atoms with E-state index >= 15 is 0 Å². The van der Waals surface area contributed by atoms with Crippen molar-refractivity contribution < 1.29 is 4.79 Å². The van der Waals surface area contributed by atoms with Crippen LogP contribution in [-0.2, 0) is 11.3 Å². The lowest BCUT2D eigenvalue weighted by molar-refractivity contribution is -0.137.